The Kier molecular flexibility index (Phi) is 8.82. The van der Waals surface area contributed by atoms with E-state index in [9.17, 15) is 18.6 Å². The van der Waals surface area contributed by atoms with Crippen LogP contribution in [-0.2, 0) is 10.0 Å². The Bertz CT molecular complexity index is 963. The lowest BCUT2D eigenvalue weighted by Gasteiger charge is -2.38. The molecular weight excluding hydrogens is 440 g/mol. The van der Waals surface area contributed by atoms with Gasteiger partial charge in [0, 0.05) is 37.2 Å². The summed E-state index contributed by atoms with van der Waals surface area (Å²) in [5, 5.41) is 19.3. The number of benzene rings is 1. The second kappa shape index (κ2) is 11.2. The van der Waals surface area contributed by atoms with Crippen LogP contribution >= 0.6 is 0 Å². The number of fused-ring (bicyclic) bond motifs is 1. The third-order valence-electron chi connectivity index (χ3n) is 6.63. The van der Waals surface area contributed by atoms with Gasteiger partial charge in [-0.25, -0.2) is 8.42 Å². The van der Waals surface area contributed by atoms with Gasteiger partial charge in [0.1, 0.15) is 22.9 Å². The van der Waals surface area contributed by atoms with Crippen LogP contribution in [0.3, 0.4) is 0 Å². The van der Waals surface area contributed by atoms with E-state index in [4.69, 9.17) is 4.74 Å². The topological polar surface area (TPSA) is 90.3 Å². The highest BCUT2D eigenvalue weighted by Crippen LogP contribution is 2.34. The molecular formula is C25H38N2O5S. The summed E-state index contributed by atoms with van der Waals surface area (Å²) in [4.78, 5) is 2.38. The Morgan fingerprint density at radius 2 is 1.94 bits per heavy atom. The second-order valence-electron chi connectivity index (χ2n) is 9.72. The van der Waals surface area contributed by atoms with E-state index in [1.807, 2.05) is 6.92 Å². The normalized spacial score (nSPS) is 25.3. The van der Waals surface area contributed by atoms with E-state index in [1.54, 1.807) is 26.0 Å². The zero-order chi connectivity index (χ0) is 24.2. The maximum atomic E-state index is 13.5. The summed E-state index contributed by atoms with van der Waals surface area (Å²) in [6.07, 6.45) is 4.11. The highest BCUT2D eigenvalue weighted by molar-refractivity contribution is 7.89. The number of hydrogen-bond acceptors (Lipinski definition) is 6. The standard InChI is InChI=1S/C25H38N2O5S/c1-18-14-27(19(2)17-28)33(30,31)25-12-11-21(10-9-20(3)29)13-23(25)32-24(18)16-26(4)15-22-7-5-6-8-22/h11-13,18-20,22,24,28-29H,5-8,14-17H2,1-4H3/t18-,19+,20+,24+/m1/s1. The highest BCUT2D eigenvalue weighted by Gasteiger charge is 2.38. The highest BCUT2D eigenvalue weighted by atomic mass is 32.2. The molecule has 0 bridgehead atoms. The van der Waals surface area contributed by atoms with Crippen molar-refractivity contribution in [3.8, 4) is 17.6 Å². The van der Waals surface area contributed by atoms with Crippen molar-refractivity contribution in [2.24, 2.45) is 11.8 Å². The monoisotopic (exact) mass is 478 g/mol. The summed E-state index contributed by atoms with van der Waals surface area (Å²) in [6.45, 7) is 7.00. The van der Waals surface area contributed by atoms with Gasteiger partial charge in [-0.1, -0.05) is 31.6 Å². The van der Waals surface area contributed by atoms with E-state index in [1.165, 1.54) is 36.1 Å². The summed E-state index contributed by atoms with van der Waals surface area (Å²) in [6, 6.07) is 4.24. The van der Waals surface area contributed by atoms with E-state index in [-0.39, 0.29) is 35.8 Å². The second-order valence-corrected chi connectivity index (χ2v) is 11.6. The molecule has 1 aromatic carbocycles. The molecule has 8 heteroatoms. The van der Waals surface area contributed by atoms with Crippen LogP contribution in [0.4, 0.5) is 0 Å². The average molecular weight is 479 g/mol. The summed E-state index contributed by atoms with van der Waals surface area (Å²) in [5.41, 5.74) is 0.581. The summed E-state index contributed by atoms with van der Waals surface area (Å²) in [7, 11) is -1.77. The molecule has 0 saturated heterocycles. The molecule has 0 spiro atoms. The van der Waals surface area contributed by atoms with Crippen molar-refractivity contribution in [1.29, 1.82) is 0 Å². The number of sulfonamides is 1. The molecule has 33 heavy (non-hydrogen) atoms. The first-order valence-corrected chi connectivity index (χ1v) is 13.4. The van der Waals surface area contributed by atoms with Gasteiger partial charge < -0.3 is 19.8 Å². The van der Waals surface area contributed by atoms with Crippen molar-refractivity contribution in [3.63, 3.8) is 0 Å². The predicted octanol–water partition coefficient (Wildman–Crippen LogP) is 2.31. The Morgan fingerprint density at radius 3 is 2.58 bits per heavy atom. The number of ether oxygens (including phenoxy) is 1. The van der Waals surface area contributed by atoms with Gasteiger partial charge in [0.05, 0.1) is 6.61 Å². The Morgan fingerprint density at radius 1 is 1.24 bits per heavy atom. The van der Waals surface area contributed by atoms with Crippen LogP contribution in [0.15, 0.2) is 23.1 Å². The molecule has 2 N–H and O–H groups in total. The molecule has 1 aliphatic heterocycles. The zero-order valence-corrected chi connectivity index (χ0v) is 21.0. The zero-order valence-electron chi connectivity index (χ0n) is 20.2. The van der Waals surface area contributed by atoms with Crippen LogP contribution in [0.5, 0.6) is 5.75 Å². The molecule has 0 unspecified atom stereocenters. The van der Waals surface area contributed by atoms with Crippen molar-refractivity contribution < 1.29 is 23.4 Å². The lowest BCUT2D eigenvalue weighted by atomic mass is 10.0. The van der Waals surface area contributed by atoms with E-state index in [2.05, 4.69) is 23.8 Å². The molecule has 7 nitrogen and oxygen atoms in total. The summed E-state index contributed by atoms with van der Waals surface area (Å²) >= 11 is 0. The number of hydrogen-bond donors (Lipinski definition) is 2. The van der Waals surface area contributed by atoms with E-state index >= 15 is 0 Å². The van der Waals surface area contributed by atoms with Gasteiger partial charge in [-0.15, -0.1) is 0 Å². The largest absolute Gasteiger partial charge is 0.487 e. The molecule has 0 amide bonds. The lowest BCUT2D eigenvalue weighted by Crippen LogP contribution is -2.49. The molecule has 1 aliphatic carbocycles. The third kappa shape index (κ3) is 6.49. The van der Waals surface area contributed by atoms with Crippen LogP contribution in [0.25, 0.3) is 0 Å². The third-order valence-corrected chi connectivity index (χ3v) is 8.65. The Labute approximate surface area is 198 Å². The van der Waals surface area contributed by atoms with Gasteiger partial charge >= 0.3 is 0 Å². The molecule has 1 saturated carbocycles. The van der Waals surface area contributed by atoms with Gasteiger partial charge in [-0.2, -0.15) is 4.31 Å². The lowest BCUT2D eigenvalue weighted by molar-refractivity contribution is 0.0712. The van der Waals surface area contributed by atoms with E-state index in [0.29, 0.717) is 18.0 Å². The van der Waals surface area contributed by atoms with E-state index in [0.717, 1.165) is 6.54 Å². The molecule has 0 radical (unpaired) electrons. The summed E-state index contributed by atoms with van der Waals surface area (Å²) < 4.78 is 34.8. The first-order chi connectivity index (χ1) is 15.6. The van der Waals surface area contributed by atoms with Crippen LogP contribution < -0.4 is 4.74 Å². The first kappa shape index (κ1) is 26.0. The maximum Gasteiger partial charge on any atom is 0.247 e. The van der Waals surface area contributed by atoms with Gasteiger partial charge in [0.25, 0.3) is 0 Å². The first-order valence-electron chi connectivity index (χ1n) is 11.9. The minimum Gasteiger partial charge on any atom is -0.487 e. The maximum absolute atomic E-state index is 13.5. The minimum atomic E-state index is -3.87. The van der Waals surface area contributed by atoms with Crippen LogP contribution in [0, 0.1) is 23.7 Å². The number of nitrogens with zero attached hydrogens (tertiary/aromatic N) is 2. The molecule has 1 heterocycles. The van der Waals surface area contributed by atoms with Crippen LogP contribution in [-0.4, -0.2) is 79.4 Å². The fraction of sp³-hybridized carbons (Fsp3) is 0.680. The van der Waals surface area contributed by atoms with Gasteiger partial charge in [-0.05, 0) is 57.9 Å². The average Bonchev–Trinajstić information content (AvgIpc) is 3.27. The van der Waals surface area contributed by atoms with Crippen molar-refractivity contribution in [1.82, 2.24) is 9.21 Å². The Hall–Kier alpha value is -1.63. The molecule has 184 valence electrons. The molecule has 3 rings (SSSR count). The predicted molar refractivity (Wildman–Crippen MR) is 128 cm³/mol. The van der Waals surface area contributed by atoms with Crippen molar-refractivity contribution in [2.75, 3.05) is 33.3 Å². The molecule has 1 fully saturated rings. The SMILES string of the molecule is C[C@H](O)C#Cc1ccc2c(c1)O[C@@H](CN(C)CC1CCCC1)[C@H](C)CN([C@@H](C)CO)S2(=O)=O. The quantitative estimate of drug-likeness (QED) is 0.610. The smallest absolute Gasteiger partial charge is 0.247 e. The number of aliphatic hydroxyl groups excluding tert-OH is 2. The number of rotatable bonds is 6. The van der Waals surface area contributed by atoms with Crippen molar-refractivity contribution >= 4 is 10.0 Å². The molecule has 2 aliphatic rings. The van der Waals surface area contributed by atoms with Gasteiger partial charge in [-0.3, -0.25) is 0 Å². The summed E-state index contributed by atoms with van der Waals surface area (Å²) in [5.74, 6) is 6.47. The van der Waals surface area contributed by atoms with Gasteiger partial charge in [0.2, 0.25) is 10.0 Å². The Balaban J connectivity index is 1.96. The fourth-order valence-electron chi connectivity index (χ4n) is 4.72. The molecule has 1 aromatic rings. The van der Waals surface area contributed by atoms with Gasteiger partial charge in [0.15, 0.2) is 0 Å². The minimum absolute atomic E-state index is 0.0832. The van der Waals surface area contributed by atoms with E-state index < -0.39 is 22.2 Å². The van der Waals surface area contributed by atoms with Crippen molar-refractivity contribution in [3.05, 3.63) is 23.8 Å². The fourth-order valence-corrected chi connectivity index (χ4v) is 6.55. The molecule has 4 atom stereocenters. The number of aliphatic hydroxyl groups is 2. The number of likely N-dealkylation sites (N-methyl/N-ethyl adjacent to an activating group) is 1. The van der Waals surface area contributed by atoms with Crippen molar-refractivity contribution in [2.45, 2.75) is 69.6 Å². The van der Waals surface area contributed by atoms with Crippen LogP contribution in [0.1, 0.15) is 52.0 Å². The molecule has 0 aromatic heterocycles. The van der Waals surface area contributed by atoms with Crippen LogP contribution in [0.2, 0.25) is 0 Å².